The van der Waals surface area contributed by atoms with E-state index in [0.29, 0.717) is 0 Å². The molecule has 1 fully saturated rings. The highest BCUT2D eigenvalue weighted by Gasteiger charge is 2.44. The van der Waals surface area contributed by atoms with Crippen LogP contribution >= 0.6 is 0 Å². The molecule has 1 saturated heterocycles. The molecule has 5 heteroatoms. The Hall–Kier alpha value is -1.43. The summed E-state index contributed by atoms with van der Waals surface area (Å²) in [6, 6.07) is 9.65. The van der Waals surface area contributed by atoms with Gasteiger partial charge in [0.05, 0.1) is 12.1 Å². The molecule has 20 heavy (non-hydrogen) atoms. The fourth-order valence-corrected chi connectivity index (χ4v) is 2.19. The molecule has 5 nitrogen and oxygen atoms in total. The summed E-state index contributed by atoms with van der Waals surface area (Å²) in [6.07, 6.45) is -1.04. The Morgan fingerprint density at radius 2 is 1.95 bits per heavy atom. The maximum Gasteiger partial charge on any atom is 0.356 e. The number of rotatable bonds is 4. The fraction of sp³-hybridized carbons (Fsp3) is 0.533. The third-order valence-electron chi connectivity index (χ3n) is 3.18. The van der Waals surface area contributed by atoms with Gasteiger partial charge in [0.25, 0.3) is 0 Å². The van der Waals surface area contributed by atoms with Gasteiger partial charge in [-0.25, -0.2) is 4.79 Å². The standard InChI is InChI=1S/C15H21NO4/c1-10(12-8-6-5-7-9-12)16-20-14(17)13-11(2)18-15(3,4)19-13/h5-11,13,16H,1-4H3. The highest BCUT2D eigenvalue weighted by atomic mass is 16.8. The molecule has 0 bridgehead atoms. The quantitative estimate of drug-likeness (QED) is 0.857. The number of benzene rings is 1. The van der Waals surface area contributed by atoms with Crippen LogP contribution in [0.2, 0.25) is 0 Å². The molecule has 0 saturated carbocycles. The van der Waals surface area contributed by atoms with Crippen molar-refractivity contribution in [1.29, 1.82) is 0 Å². The second-order valence-corrected chi connectivity index (χ2v) is 5.43. The van der Waals surface area contributed by atoms with Gasteiger partial charge in [0, 0.05) is 0 Å². The Balaban J connectivity index is 1.87. The number of hydrogen-bond donors (Lipinski definition) is 1. The SMILES string of the molecule is CC(NOC(=O)C1OC(C)(C)OC1C)c1ccccc1. The molecule has 1 N–H and O–H groups in total. The smallest absolute Gasteiger partial charge is 0.356 e. The van der Waals surface area contributed by atoms with Crippen LogP contribution in [0.15, 0.2) is 30.3 Å². The van der Waals surface area contributed by atoms with Crippen molar-refractivity contribution in [1.82, 2.24) is 5.48 Å². The third-order valence-corrected chi connectivity index (χ3v) is 3.18. The Bertz CT molecular complexity index is 460. The first-order chi connectivity index (χ1) is 9.39. The van der Waals surface area contributed by atoms with E-state index in [9.17, 15) is 4.79 Å². The molecule has 1 aromatic carbocycles. The lowest BCUT2D eigenvalue weighted by Gasteiger charge is -2.17. The van der Waals surface area contributed by atoms with Crippen molar-refractivity contribution < 1.29 is 19.1 Å². The van der Waals surface area contributed by atoms with Crippen molar-refractivity contribution in [3.63, 3.8) is 0 Å². The van der Waals surface area contributed by atoms with Gasteiger partial charge in [0.15, 0.2) is 11.9 Å². The van der Waals surface area contributed by atoms with Crippen LogP contribution in [0.5, 0.6) is 0 Å². The highest BCUT2D eigenvalue weighted by molar-refractivity contribution is 5.75. The lowest BCUT2D eigenvalue weighted by atomic mass is 10.1. The highest BCUT2D eigenvalue weighted by Crippen LogP contribution is 2.28. The molecule has 3 unspecified atom stereocenters. The zero-order valence-electron chi connectivity index (χ0n) is 12.3. The number of hydroxylamine groups is 1. The predicted octanol–water partition coefficient (Wildman–Crippen LogP) is 2.34. The minimum Gasteiger partial charge on any atom is -0.368 e. The van der Waals surface area contributed by atoms with Gasteiger partial charge < -0.3 is 14.3 Å². The van der Waals surface area contributed by atoms with E-state index in [-0.39, 0.29) is 12.1 Å². The molecule has 2 rings (SSSR count). The maximum atomic E-state index is 12.0. The van der Waals surface area contributed by atoms with Crippen molar-refractivity contribution in [2.24, 2.45) is 0 Å². The van der Waals surface area contributed by atoms with E-state index in [2.05, 4.69) is 5.48 Å². The second kappa shape index (κ2) is 5.91. The van der Waals surface area contributed by atoms with Crippen molar-refractivity contribution in [3.8, 4) is 0 Å². The van der Waals surface area contributed by atoms with Gasteiger partial charge in [-0.3, -0.25) is 0 Å². The molecule has 0 spiro atoms. The first kappa shape index (κ1) is 15.0. The van der Waals surface area contributed by atoms with E-state index in [0.717, 1.165) is 5.56 Å². The van der Waals surface area contributed by atoms with Gasteiger partial charge in [-0.1, -0.05) is 30.3 Å². The second-order valence-electron chi connectivity index (χ2n) is 5.43. The molecule has 1 aliphatic heterocycles. The molecule has 1 aromatic rings. The van der Waals surface area contributed by atoms with Gasteiger partial charge in [0.1, 0.15) is 0 Å². The molecule has 0 radical (unpaired) electrons. The summed E-state index contributed by atoms with van der Waals surface area (Å²) in [4.78, 5) is 17.1. The van der Waals surface area contributed by atoms with Gasteiger partial charge >= 0.3 is 5.97 Å². The van der Waals surface area contributed by atoms with Crippen LogP contribution in [0.1, 0.15) is 39.3 Å². The summed E-state index contributed by atoms with van der Waals surface area (Å²) in [6.45, 7) is 7.26. The molecule has 0 aliphatic carbocycles. The van der Waals surface area contributed by atoms with Crippen LogP contribution < -0.4 is 5.48 Å². The monoisotopic (exact) mass is 279 g/mol. The third kappa shape index (κ3) is 3.56. The lowest BCUT2D eigenvalue weighted by Crippen LogP contribution is -2.36. The zero-order valence-corrected chi connectivity index (χ0v) is 12.3. The van der Waals surface area contributed by atoms with Crippen molar-refractivity contribution in [2.75, 3.05) is 0 Å². The normalized spacial score (nSPS) is 26.2. The van der Waals surface area contributed by atoms with Gasteiger partial charge in [-0.2, -0.15) is 0 Å². The van der Waals surface area contributed by atoms with Crippen LogP contribution in [0.3, 0.4) is 0 Å². The van der Waals surface area contributed by atoms with E-state index in [1.165, 1.54) is 0 Å². The summed E-state index contributed by atoms with van der Waals surface area (Å²) in [5.41, 5.74) is 3.78. The first-order valence-electron chi connectivity index (χ1n) is 6.76. The van der Waals surface area contributed by atoms with E-state index >= 15 is 0 Å². The van der Waals surface area contributed by atoms with E-state index in [1.54, 1.807) is 20.8 Å². The summed E-state index contributed by atoms with van der Waals surface area (Å²) in [5, 5.41) is 0. The van der Waals surface area contributed by atoms with Crippen LogP contribution in [-0.4, -0.2) is 24.0 Å². The Labute approximate surface area is 119 Å². The summed E-state index contributed by atoms with van der Waals surface area (Å²) < 4.78 is 11.0. The molecule has 3 atom stereocenters. The number of ether oxygens (including phenoxy) is 2. The molecule has 0 amide bonds. The largest absolute Gasteiger partial charge is 0.368 e. The average molecular weight is 279 g/mol. The minimum absolute atomic E-state index is 0.0919. The molecule has 0 aromatic heterocycles. The van der Waals surface area contributed by atoms with Crippen LogP contribution in [0.25, 0.3) is 0 Å². The molecular formula is C15H21NO4. The maximum absolute atomic E-state index is 12.0. The van der Waals surface area contributed by atoms with Crippen molar-refractivity contribution in [3.05, 3.63) is 35.9 Å². The number of nitrogens with one attached hydrogen (secondary N) is 1. The Morgan fingerprint density at radius 1 is 1.30 bits per heavy atom. The fourth-order valence-electron chi connectivity index (χ4n) is 2.19. The summed E-state index contributed by atoms with van der Waals surface area (Å²) in [5.74, 6) is -1.22. The molecular weight excluding hydrogens is 258 g/mol. The van der Waals surface area contributed by atoms with Crippen LogP contribution in [0.4, 0.5) is 0 Å². The molecule has 1 aliphatic rings. The van der Waals surface area contributed by atoms with Crippen molar-refractivity contribution >= 4 is 5.97 Å². The number of carbonyl (C=O) groups excluding carboxylic acids is 1. The Morgan fingerprint density at radius 3 is 2.50 bits per heavy atom. The van der Waals surface area contributed by atoms with E-state index < -0.39 is 17.9 Å². The summed E-state index contributed by atoms with van der Waals surface area (Å²) in [7, 11) is 0. The van der Waals surface area contributed by atoms with E-state index in [4.69, 9.17) is 14.3 Å². The van der Waals surface area contributed by atoms with Crippen molar-refractivity contribution in [2.45, 2.75) is 51.7 Å². The van der Waals surface area contributed by atoms with Crippen LogP contribution in [-0.2, 0) is 19.1 Å². The zero-order chi connectivity index (χ0) is 14.8. The van der Waals surface area contributed by atoms with Crippen LogP contribution in [0, 0.1) is 0 Å². The Kier molecular flexibility index (Phi) is 4.42. The predicted molar refractivity (Wildman–Crippen MR) is 73.6 cm³/mol. The topological polar surface area (TPSA) is 56.8 Å². The number of carbonyl (C=O) groups is 1. The molecule has 110 valence electrons. The van der Waals surface area contributed by atoms with Gasteiger partial charge in [0.2, 0.25) is 0 Å². The summed E-state index contributed by atoms with van der Waals surface area (Å²) >= 11 is 0. The average Bonchev–Trinajstić information content (AvgIpc) is 2.70. The van der Waals surface area contributed by atoms with E-state index in [1.807, 2.05) is 37.3 Å². The number of hydrogen-bond acceptors (Lipinski definition) is 5. The lowest BCUT2D eigenvalue weighted by molar-refractivity contribution is -0.177. The van der Waals surface area contributed by atoms with Gasteiger partial charge in [-0.15, -0.1) is 5.48 Å². The minimum atomic E-state index is -0.756. The molecule has 1 heterocycles. The first-order valence-corrected chi connectivity index (χ1v) is 6.76. The van der Waals surface area contributed by atoms with Gasteiger partial charge in [-0.05, 0) is 33.3 Å².